The molecule has 0 aromatic heterocycles. The molecule has 0 aliphatic carbocycles. The molecule has 4 nitrogen and oxygen atoms in total. The Morgan fingerprint density at radius 3 is 2.44 bits per heavy atom. The van der Waals surface area contributed by atoms with Crippen LogP contribution >= 0.6 is 0 Å². The van der Waals surface area contributed by atoms with Crippen molar-refractivity contribution < 1.29 is 13.5 Å². The monoisotopic (exact) mass is 269 g/mol. The molecule has 0 radical (unpaired) electrons. The van der Waals surface area contributed by atoms with Crippen LogP contribution in [0.2, 0.25) is 0 Å². The minimum Gasteiger partial charge on any atom is -0.389 e. The van der Waals surface area contributed by atoms with Gasteiger partial charge in [-0.05, 0) is 24.0 Å². The molecule has 1 aromatic carbocycles. The molecule has 1 aliphatic rings. The number of hydrogen-bond acceptors (Lipinski definition) is 4. The number of sulfone groups is 1. The van der Waals surface area contributed by atoms with Gasteiger partial charge in [0.2, 0.25) is 0 Å². The highest BCUT2D eigenvalue weighted by Crippen LogP contribution is 2.27. The molecule has 0 amide bonds. The van der Waals surface area contributed by atoms with E-state index in [1.807, 2.05) is 24.3 Å². The first-order chi connectivity index (χ1) is 8.42. The van der Waals surface area contributed by atoms with Gasteiger partial charge < -0.3 is 10.8 Å². The molecule has 0 spiro atoms. The molecule has 100 valence electrons. The van der Waals surface area contributed by atoms with Crippen molar-refractivity contribution in [1.29, 1.82) is 0 Å². The van der Waals surface area contributed by atoms with Crippen LogP contribution in [-0.4, -0.2) is 30.6 Å². The second-order valence-electron chi connectivity index (χ2n) is 5.08. The lowest BCUT2D eigenvalue weighted by atomic mass is 9.88. The first-order valence-corrected chi connectivity index (χ1v) is 7.95. The van der Waals surface area contributed by atoms with Gasteiger partial charge in [-0.25, -0.2) is 8.42 Å². The van der Waals surface area contributed by atoms with Crippen molar-refractivity contribution in [3.05, 3.63) is 35.4 Å². The predicted molar refractivity (Wildman–Crippen MR) is 70.9 cm³/mol. The van der Waals surface area contributed by atoms with E-state index in [2.05, 4.69) is 0 Å². The Hall–Kier alpha value is -0.910. The van der Waals surface area contributed by atoms with Crippen LogP contribution in [0.3, 0.4) is 0 Å². The number of nitrogens with two attached hydrogens (primary N) is 1. The van der Waals surface area contributed by atoms with Crippen LogP contribution < -0.4 is 5.73 Å². The zero-order valence-electron chi connectivity index (χ0n) is 10.3. The van der Waals surface area contributed by atoms with Crippen LogP contribution in [0, 0.1) is 0 Å². The summed E-state index contributed by atoms with van der Waals surface area (Å²) in [5.41, 5.74) is 6.73. The van der Waals surface area contributed by atoms with Gasteiger partial charge >= 0.3 is 0 Å². The Morgan fingerprint density at radius 2 is 1.83 bits per heavy atom. The molecule has 0 unspecified atom stereocenters. The maximum atomic E-state index is 11.4. The Labute approximate surface area is 108 Å². The minimum atomic E-state index is -2.94. The number of hydrogen-bond donors (Lipinski definition) is 2. The van der Waals surface area contributed by atoms with Gasteiger partial charge in [0.1, 0.15) is 0 Å². The SMILES string of the molecule is NCc1cccc(CC2(O)CCS(=O)(=O)CC2)c1. The zero-order chi connectivity index (χ0) is 13.2. The van der Waals surface area contributed by atoms with Crippen LogP contribution in [0.15, 0.2) is 24.3 Å². The van der Waals surface area contributed by atoms with Gasteiger partial charge in [0, 0.05) is 13.0 Å². The van der Waals surface area contributed by atoms with Crippen molar-refractivity contribution in [2.75, 3.05) is 11.5 Å². The van der Waals surface area contributed by atoms with Crippen molar-refractivity contribution in [3.8, 4) is 0 Å². The summed E-state index contributed by atoms with van der Waals surface area (Å²) in [5.74, 6) is 0.167. The van der Waals surface area contributed by atoms with Crippen molar-refractivity contribution in [1.82, 2.24) is 0 Å². The summed E-state index contributed by atoms with van der Waals surface area (Å²) in [4.78, 5) is 0. The topological polar surface area (TPSA) is 80.4 Å². The molecule has 2 rings (SSSR count). The van der Waals surface area contributed by atoms with Gasteiger partial charge in [-0.3, -0.25) is 0 Å². The van der Waals surface area contributed by atoms with E-state index < -0.39 is 15.4 Å². The molecule has 3 N–H and O–H groups in total. The summed E-state index contributed by atoms with van der Waals surface area (Å²) in [6.07, 6.45) is 1.14. The molecule has 1 aliphatic heterocycles. The van der Waals surface area contributed by atoms with Gasteiger partial charge in [-0.1, -0.05) is 24.3 Å². The third-order valence-corrected chi connectivity index (χ3v) is 5.17. The maximum Gasteiger partial charge on any atom is 0.150 e. The number of aliphatic hydroxyl groups is 1. The lowest BCUT2D eigenvalue weighted by molar-refractivity contribution is 0.0306. The fraction of sp³-hybridized carbons (Fsp3) is 0.538. The van der Waals surface area contributed by atoms with E-state index in [1.54, 1.807) is 0 Å². The van der Waals surface area contributed by atoms with Gasteiger partial charge in [0.25, 0.3) is 0 Å². The normalized spacial score (nSPS) is 21.7. The van der Waals surface area contributed by atoms with Crippen LogP contribution in [-0.2, 0) is 22.8 Å². The van der Waals surface area contributed by atoms with Crippen LogP contribution in [0.4, 0.5) is 0 Å². The molecule has 18 heavy (non-hydrogen) atoms. The summed E-state index contributed by atoms with van der Waals surface area (Å²) in [6, 6.07) is 7.78. The fourth-order valence-electron chi connectivity index (χ4n) is 2.34. The standard InChI is InChI=1S/C13H19NO3S/c14-10-12-3-1-2-11(8-12)9-13(15)4-6-18(16,17)7-5-13/h1-3,8,15H,4-7,9-10,14H2. The molecule has 0 bridgehead atoms. The Bertz CT molecular complexity index is 511. The third kappa shape index (κ3) is 3.31. The van der Waals surface area contributed by atoms with Gasteiger partial charge in [0.05, 0.1) is 17.1 Å². The lowest BCUT2D eigenvalue weighted by Gasteiger charge is -2.32. The maximum absolute atomic E-state index is 11.4. The zero-order valence-corrected chi connectivity index (χ0v) is 11.1. The predicted octanol–water partition coefficient (Wildman–Crippen LogP) is 0.627. The van der Waals surface area contributed by atoms with E-state index in [0.717, 1.165) is 11.1 Å². The Balaban J connectivity index is 2.08. The van der Waals surface area contributed by atoms with Crippen molar-refractivity contribution in [2.45, 2.75) is 31.4 Å². The van der Waals surface area contributed by atoms with Crippen molar-refractivity contribution >= 4 is 9.84 Å². The van der Waals surface area contributed by atoms with E-state index in [1.165, 1.54) is 0 Å². The van der Waals surface area contributed by atoms with Gasteiger partial charge in [-0.15, -0.1) is 0 Å². The van der Waals surface area contributed by atoms with E-state index >= 15 is 0 Å². The van der Waals surface area contributed by atoms with Gasteiger partial charge in [0.15, 0.2) is 9.84 Å². The highest BCUT2D eigenvalue weighted by atomic mass is 32.2. The van der Waals surface area contributed by atoms with Crippen molar-refractivity contribution in [2.24, 2.45) is 5.73 Å². The van der Waals surface area contributed by atoms with Gasteiger partial charge in [-0.2, -0.15) is 0 Å². The van der Waals surface area contributed by atoms with Crippen molar-refractivity contribution in [3.63, 3.8) is 0 Å². The molecule has 1 fully saturated rings. The van der Waals surface area contributed by atoms with E-state index in [0.29, 0.717) is 25.8 Å². The fourth-order valence-corrected chi connectivity index (χ4v) is 3.93. The number of benzene rings is 1. The van der Waals surface area contributed by atoms with E-state index in [9.17, 15) is 13.5 Å². The third-order valence-electron chi connectivity index (χ3n) is 3.52. The highest BCUT2D eigenvalue weighted by Gasteiger charge is 2.35. The number of rotatable bonds is 3. The molecule has 1 saturated heterocycles. The largest absolute Gasteiger partial charge is 0.389 e. The molecule has 5 heteroatoms. The quantitative estimate of drug-likeness (QED) is 0.843. The first-order valence-electron chi connectivity index (χ1n) is 6.13. The summed E-state index contributed by atoms with van der Waals surface area (Å²) >= 11 is 0. The molecule has 1 heterocycles. The lowest BCUT2D eigenvalue weighted by Crippen LogP contribution is -2.40. The second-order valence-corrected chi connectivity index (χ2v) is 7.38. The minimum absolute atomic E-state index is 0.0834. The Morgan fingerprint density at radius 1 is 1.22 bits per heavy atom. The van der Waals surface area contributed by atoms with Crippen LogP contribution in [0.5, 0.6) is 0 Å². The highest BCUT2D eigenvalue weighted by molar-refractivity contribution is 7.91. The average Bonchev–Trinajstić information content (AvgIpc) is 2.34. The van der Waals surface area contributed by atoms with E-state index in [4.69, 9.17) is 5.73 Å². The van der Waals surface area contributed by atoms with E-state index in [-0.39, 0.29) is 11.5 Å². The summed E-state index contributed by atoms with van der Waals surface area (Å²) < 4.78 is 22.7. The molecule has 0 atom stereocenters. The first kappa shape index (κ1) is 13.5. The summed E-state index contributed by atoms with van der Waals surface area (Å²) in [7, 11) is -2.94. The molecule has 0 saturated carbocycles. The molecular weight excluding hydrogens is 250 g/mol. The Kier molecular flexibility index (Phi) is 3.75. The summed E-state index contributed by atoms with van der Waals surface area (Å²) in [5, 5.41) is 10.4. The van der Waals surface area contributed by atoms with Crippen LogP contribution in [0.25, 0.3) is 0 Å². The smallest absolute Gasteiger partial charge is 0.150 e. The average molecular weight is 269 g/mol. The second kappa shape index (κ2) is 4.99. The summed E-state index contributed by atoms with van der Waals surface area (Å²) in [6.45, 7) is 0.473. The molecular formula is C13H19NO3S. The van der Waals surface area contributed by atoms with Crippen LogP contribution in [0.1, 0.15) is 24.0 Å². The molecule has 1 aromatic rings.